The second-order valence-corrected chi connectivity index (χ2v) is 8.99. The molecule has 1 nitrogen and oxygen atoms in total. The molecule has 0 aliphatic carbocycles. The van der Waals surface area contributed by atoms with Crippen molar-refractivity contribution in [2.75, 3.05) is 0 Å². The first-order valence-electron chi connectivity index (χ1n) is 4.13. The molecule has 0 saturated carbocycles. The van der Waals surface area contributed by atoms with Gasteiger partial charge in [-0.15, -0.1) is 5.54 Å². The SMILES string of the molecule is C[Si](C)(C)C#Cc1ncccc1Cl. The second-order valence-electron chi connectivity index (χ2n) is 3.83. The molecule has 68 valence electrons. The molecule has 1 rings (SSSR count). The van der Waals surface area contributed by atoms with Gasteiger partial charge in [0.15, 0.2) is 0 Å². The van der Waals surface area contributed by atoms with Gasteiger partial charge < -0.3 is 0 Å². The third-order valence-corrected chi connectivity index (χ3v) is 2.49. The lowest BCUT2D eigenvalue weighted by Gasteiger charge is -2.03. The first-order valence-corrected chi connectivity index (χ1v) is 8.00. The Hall–Kier alpha value is -0.783. The molecule has 0 saturated heterocycles. The fourth-order valence-electron chi connectivity index (χ4n) is 0.724. The van der Waals surface area contributed by atoms with Crippen molar-refractivity contribution in [1.29, 1.82) is 0 Å². The smallest absolute Gasteiger partial charge is 0.131 e. The molecule has 0 atom stereocenters. The fourth-order valence-corrected chi connectivity index (χ4v) is 1.39. The van der Waals surface area contributed by atoms with E-state index < -0.39 is 8.07 Å². The van der Waals surface area contributed by atoms with E-state index in [1.54, 1.807) is 6.20 Å². The van der Waals surface area contributed by atoms with E-state index in [9.17, 15) is 0 Å². The summed E-state index contributed by atoms with van der Waals surface area (Å²) in [6, 6.07) is 3.62. The molecule has 3 heteroatoms. The van der Waals surface area contributed by atoms with Gasteiger partial charge in [0.25, 0.3) is 0 Å². The molecule has 13 heavy (non-hydrogen) atoms. The summed E-state index contributed by atoms with van der Waals surface area (Å²) in [5.41, 5.74) is 3.91. The highest BCUT2D eigenvalue weighted by Crippen LogP contribution is 2.10. The minimum absolute atomic E-state index is 0.633. The van der Waals surface area contributed by atoms with Crippen LogP contribution in [0.25, 0.3) is 0 Å². The topological polar surface area (TPSA) is 12.9 Å². The van der Waals surface area contributed by atoms with Gasteiger partial charge in [-0.1, -0.05) is 37.2 Å². The highest BCUT2D eigenvalue weighted by Gasteiger charge is 2.07. The molecule has 0 spiro atoms. The first kappa shape index (κ1) is 10.3. The van der Waals surface area contributed by atoms with Crippen LogP contribution in [-0.4, -0.2) is 13.1 Å². The third-order valence-electron chi connectivity index (χ3n) is 1.31. The van der Waals surface area contributed by atoms with Gasteiger partial charge in [-0.25, -0.2) is 4.98 Å². The highest BCUT2D eigenvalue weighted by molar-refractivity contribution is 6.83. The van der Waals surface area contributed by atoms with Crippen molar-refractivity contribution in [2.45, 2.75) is 19.6 Å². The van der Waals surface area contributed by atoms with Gasteiger partial charge in [0.05, 0.1) is 5.02 Å². The lowest BCUT2D eigenvalue weighted by Crippen LogP contribution is -2.16. The molecule has 0 N–H and O–H groups in total. The van der Waals surface area contributed by atoms with E-state index in [0.29, 0.717) is 10.7 Å². The molecule has 1 aromatic rings. The zero-order valence-electron chi connectivity index (χ0n) is 8.06. The average molecular weight is 210 g/mol. The molecule has 0 aliphatic rings. The summed E-state index contributed by atoms with van der Waals surface area (Å²) in [7, 11) is -1.32. The molecular weight excluding hydrogens is 198 g/mol. The Kier molecular flexibility index (Phi) is 3.13. The molecule has 0 bridgehead atoms. The van der Waals surface area contributed by atoms with E-state index in [0.717, 1.165) is 0 Å². The predicted molar refractivity (Wildman–Crippen MR) is 59.5 cm³/mol. The lowest BCUT2D eigenvalue weighted by atomic mass is 10.4. The van der Waals surface area contributed by atoms with Crippen LogP contribution >= 0.6 is 11.6 Å². The van der Waals surface area contributed by atoms with E-state index in [-0.39, 0.29) is 0 Å². The second kappa shape index (κ2) is 3.95. The largest absolute Gasteiger partial charge is 0.246 e. The Morgan fingerprint density at radius 1 is 1.38 bits per heavy atom. The Bertz CT molecular complexity index is 357. The van der Waals surface area contributed by atoms with E-state index in [2.05, 4.69) is 36.1 Å². The molecule has 0 fully saturated rings. The minimum atomic E-state index is -1.32. The summed E-state index contributed by atoms with van der Waals surface area (Å²) in [6.45, 7) is 6.57. The number of aromatic nitrogens is 1. The normalized spacial score (nSPS) is 10.5. The zero-order valence-corrected chi connectivity index (χ0v) is 9.81. The van der Waals surface area contributed by atoms with Crippen molar-refractivity contribution in [2.24, 2.45) is 0 Å². The maximum absolute atomic E-state index is 5.90. The van der Waals surface area contributed by atoms with E-state index in [4.69, 9.17) is 11.6 Å². The van der Waals surface area contributed by atoms with Crippen LogP contribution < -0.4 is 0 Å². The van der Waals surface area contributed by atoms with Crippen LogP contribution in [0.1, 0.15) is 5.69 Å². The van der Waals surface area contributed by atoms with Crippen molar-refractivity contribution in [3.05, 3.63) is 29.0 Å². The molecule has 0 radical (unpaired) electrons. The van der Waals surface area contributed by atoms with Crippen LogP contribution in [0.4, 0.5) is 0 Å². The molecule has 1 aromatic heterocycles. The lowest BCUT2D eigenvalue weighted by molar-refractivity contribution is 1.29. The maximum atomic E-state index is 5.90. The van der Waals surface area contributed by atoms with Crippen molar-refractivity contribution in [1.82, 2.24) is 4.98 Å². The van der Waals surface area contributed by atoms with E-state index in [1.807, 2.05) is 12.1 Å². The van der Waals surface area contributed by atoms with Gasteiger partial charge in [0.2, 0.25) is 0 Å². The molecule has 0 unspecified atom stereocenters. The van der Waals surface area contributed by atoms with Crippen molar-refractivity contribution < 1.29 is 0 Å². The maximum Gasteiger partial charge on any atom is 0.131 e. The minimum Gasteiger partial charge on any atom is -0.246 e. The van der Waals surface area contributed by atoms with Gasteiger partial charge in [-0.05, 0) is 12.1 Å². The van der Waals surface area contributed by atoms with Crippen LogP contribution in [0.2, 0.25) is 24.7 Å². The van der Waals surface area contributed by atoms with Crippen molar-refractivity contribution >= 4 is 19.7 Å². The number of halogens is 1. The van der Waals surface area contributed by atoms with Crippen LogP contribution in [-0.2, 0) is 0 Å². The summed E-state index contributed by atoms with van der Waals surface area (Å²) in [4.78, 5) is 4.10. The zero-order chi connectivity index (χ0) is 9.90. The van der Waals surface area contributed by atoms with Gasteiger partial charge in [0, 0.05) is 6.20 Å². The van der Waals surface area contributed by atoms with Crippen molar-refractivity contribution in [3.63, 3.8) is 0 Å². The number of pyridine rings is 1. The van der Waals surface area contributed by atoms with Gasteiger partial charge in [-0.2, -0.15) is 0 Å². The standard InChI is InChI=1S/C10H12ClNSi/c1-13(2,3)8-6-10-9(11)5-4-7-12-10/h4-5,7H,1-3H3. The summed E-state index contributed by atoms with van der Waals surface area (Å²) in [5, 5.41) is 0.633. The molecule has 0 amide bonds. The van der Waals surface area contributed by atoms with E-state index in [1.165, 1.54) is 0 Å². The van der Waals surface area contributed by atoms with Gasteiger partial charge >= 0.3 is 0 Å². The number of nitrogens with zero attached hydrogens (tertiary/aromatic N) is 1. The molecule has 0 aliphatic heterocycles. The first-order chi connectivity index (χ1) is 5.99. The summed E-state index contributed by atoms with van der Waals surface area (Å²) in [6.07, 6.45) is 1.71. The fraction of sp³-hybridized carbons (Fsp3) is 0.300. The number of hydrogen-bond donors (Lipinski definition) is 0. The van der Waals surface area contributed by atoms with E-state index >= 15 is 0 Å². The third kappa shape index (κ3) is 3.62. The molecule has 1 heterocycles. The number of rotatable bonds is 0. The predicted octanol–water partition coefficient (Wildman–Crippen LogP) is 2.96. The molecule has 0 aromatic carbocycles. The monoisotopic (exact) mass is 209 g/mol. The number of hydrogen-bond acceptors (Lipinski definition) is 1. The summed E-state index contributed by atoms with van der Waals surface area (Å²) in [5.74, 6) is 3.02. The Morgan fingerprint density at radius 2 is 2.08 bits per heavy atom. The Balaban J connectivity index is 2.97. The Morgan fingerprint density at radius 3 is 2.62 bits per heavy atom. The Labute approximate surface area is 85.2 Å². The van der Waals surface area contributed by atoms with Gasteiger partial charge in [0.1, 0.15) is 13.8 Å². The average Bonchev–Trinajstić information content (AvgIpc) is 2.01. The van der Waals surface area contributed by atoms with Crippen LogP contribution in [0.15, 0.2) is 18.3 Å². The summed E-state index contributed by atoms with van der Waals surface area (Å²) < 4.78 is 0. The highest BCUT2D eigenvalue weighted by atomic mass is 35.5. The summed E-state index contributed by atoms with van der Waals surface area (Å²) >= 11 is 5.90. The van der Waals surface area contributed by atoms with Crippen molar-refractivity contribution in [3.8, 4) is 11.5 Å². The quantitative estimate of drug-likeness (QED) is 0.473. The molecular formula is C10H12ClNSi. The van der Waals surface area contributed by atoms with Gasteiger partial charge in [-0.3, -0.25) is 0 Å². The van der Waals surface area contributed by atoms with Crippen LogP contribution in [0.5, 0.6) is 0 Å². The van der Waals surface area contributed by atoms with Crippen LogP contribution in [0, 0.1) is 11.5 Å². The van der Waals surface area contributed by atoms with Crippen LogP contribution in [0.3, 0.4) is 0 Å².